The van der Waals surface area contributed by atoms with Gasteiger partial charge in [0.1, 0.15) is 0 Å². The van der Waals surface area contributed by atoms with E-state index in [1.165, 1.54) is 18.2 Å². The smallest absolute Gasteiger partial charge is 0.286 e. The Kier molecular flexibility index (Phi) is 8.04. The highest BCUT2D eigenvalue weighted by atomic mass is 32.2. The number of carbonyl (C=O) groups is 2. The molecule has 2 aliphatic rings. The Bertz CT molecular complexity index is 1410. The predicted molar refractivity (Wildman–Crippen MR) is 158 cm³/mol. The van der Waals surface area contributed by atoms with E-state index in [0.29, 0.717) is 10.5 Å². The Hall–Kier alpha value is -3.70. The standard InChI is InChI=1S/C33H32N2O2S/c1-23-11-15-26(16-12-23)29(31-32(37)34-33(38-31)35-19-7-4-8-20-35)21-28(25-9-5-3-6-10-25)22-30(36)27-17-13-24(2)14-18-27/h3,5-6,9-18,21H,4,7-8,19-20,22H2,1-2H3/b28-21+,31-29-. The highest BCUT2D eigenvalue weighted by Gasteiger charge is 2.30. The summed E-state index contributed by atoms with van der Waals surface area (Å²) in [4.78, 5) is 34.0. The van der Waals surface area contributed by atoms with Gasteiger partial charge in [0.25, 0.3) is 5.91 Å². The van der Waals surface area contributed by atoms with E-state index in [9.17, 15) is 9.59 Å². The zero-order valence-electron chi connectivity index (χ0n) is 21.9. The lowest BCUT2D eigenvalue weighted by Gasteiger charge is -2.27. The fourth-order valence-corrected chi connectivity index (χ4v) is 5.82. The van der Waals surface area contributed by atoms with E-state index in [1.807, 2.05) is 79.7 Å². The van der Waals surface area contributed by atoms with E-state index in [-0.39, 0.29) is 18.1 Å². The Balaban J connectivity index is 1.58. The second kappa shape index (κ2) is 11.8. The average Bonchev–Trinajstić information content (AvgIpc) is 3.34. The first-order valence-electron chi connectivity index (χ1n) is 13.2. The van der Waals surface area contributed by atoms with Crippen LogP contribution in [0.2, 0.25) is 0 Å². The van der Waals surface area contributed by atoms with Crippen LogP contribution >= 0.6 is 11.8 Å². The summed E-state index contributed by atoms with van der Waals surface area (Å²) >= 11 is 1.46. The van der Waals surface area contributed by atoms with Crippen molar-refractivity contribution in [3.05, 3.63) is 118 Å². The Morgan fingerprint density at radius 3 is 2.05 bits per heavy atom. The summed E-state index contributed by atoms with van der Waals surface area (Å²) in [6, 6.07) is 25.9. The lowest BCUT2D eigenvalue weighted by molar-refractivity contribution is -0.113. The van der Waals surface area contributed by atoms with E-state index in [1.54, 1.807) is 0 Å². The number of aryl methyl sites for hydroxylation is 2. The molecule has 2 aliphatic heterocycles. The van der Waals surface area contributed by atoms with Gasteiger partial charge in [-0.15, -0.1) is 0 Å². The van der Waals surface area contributed by atoms with Crippen LogP contribution in [-0.4, -0.2) is 34.8 Å². The van der Waals surface area contributed by atoms with Crippen molar-refractivity contribution in [1.29, 1.82) is 0 Å². The van der Waals surface area contributed by atoms with Gasteiger partial charge >= 0.3 is 0 Å². The topological polar surface area (TPSA) is 49.7 Å². The quantitative estimate of drug-likeness (QED) is 0.250. The number of amidine groups is 1. The van der Waals surface area contributed by atoms with Crippen LogP contribution in [0.4, 0.5) is 0 Å². The molecule has 5 rings (SSSR count). The van der Waals surface area contributed by atoms with Gasteiger partial charge in [0.2, 0.25) is 0 Å². The van der Waals surface area contributed by atoms with E-state index in [0.717, 1.165) is 64.5 Å². The van der Waals surface area contributed by atoms with Gasteiger partial charge in [-0.05, 0) is 67.6 Å². The first kappa shape index (κ1) is 25.9. The monoisotopic (exact) mass is 520 g/mol. The molecule has 0 aliphatic carbocycles. The van der Waals surface area contributed by atoms with E-state index >= 15 is 0 Å². The molecule has 3 aromatic rings. The maximum atomic E-state index is 13.4. The van der Waals surface area contributed by atoms with E-state index < -0.39 is 0 Å². The molecular formula is C33H32N2O2S. The maximum absolute atomic E-state index is 13.4. The third-order valence-corrected chi connectivity index (χ3v) is 8.14. The van der Waals surface area contributed by atoms with Crippen LogP contribution in [-0.2, 0) is 4.79 Å². The molecule has 1 saturated heterocycles. The lowest BCUT2D eigenvalue weighted by Crippen LogP contribution is -2.33. The molecule has 0 unspecified atom stereocenters. The number of nitrogens with zero attached hydrogens (tertiary/aromatic N) is 2. The van der Waals surface area contributed by atoms with Crippen molar-refractivity contribution in [3.8, 4) is 0 Å². The lowest BCUT2D eigenvalue weighted by atomic mass is 9.93. The second-order valence-electron chi connectivity index (χ2n) is 9.96. The zero-order chi connectivity index (χ0) is 26.5. The number of hydrogen-bond donors (Lipinski definition) is 0. The molecule has 4 nitrogen and oxygen atoms in total. The van der Waals surface area contributed by atoms with Crippen molar-refractivity contribution >= 4 is 39.8 Å². The number of amides is 1. The van der Waals surface area contributed by atoms with Crippen LogP contribution in [0.25, 0.3) is 11.1 Å². The normalized spacial score (nSPS) is 17.4. The molecule has 0 spiro atoms. The fourth-order valence-electron chi connectivity index (χ4n) is 4.78. The molecule has 0 N–H and O–H groups in total. The summed E-state index contributed by atoms with van der Waals surface area (Å²) in [5.74, 6) is -0.163. The van der Waals surface area contributed by atoms with Gasteiger partial charge in [-0.3, -0.25) is 9.59 Å². The van der Waals surface area contributed by atoms with Crippen molar-refractivity contribution in [2.75, 3.05) is 13.1 Å². The molecule has 0 aromatic heterocycles. The third-order valence-electron chi connectivity index (χ3n) is 7.01. The van der Waals surface area contributed by atoms with Crippen LogP contribution in [0.3, 0.4) is 0 Å². The predicted octanol–water partition coefficient (Wildman–Crippen LogP) is 7.49. The van der Waals surface area contributed by atoms with Crippen molar-refractivity contribution in [1.82, 2.24) is 4.90 Å². The first-order valence-corrected chi connectivity index (χ1v) is 14.0. The highest BCUT2D eigenvalue weighted by molar-refractivity contribution is 8.18. The minimum absolute atomic E-state index is 0.0454. The molecule has 5 heteroatoms. The number of piperidine rings is 1. The molecule has 192 valence electrons. The molecular weight excluding hydrogens is 488 g/mol. The fraction of sp³-hybridized carbons (Fsp3) is 0.242. The number of allylic oxidation sites excluding steroid dienone is 3. The van der Waals surface area contributed by atoms with E-state index in [2.05, 4.69) is 28.9 Å². The number of likely N-dealkylation sites (tertiary alicyclic amines) is 1. The molecule has 0 atom stereocenters. The Labute approximate surface area is 229 Å². The van der Waals surface area contributed by atoms with Gasteiger partial charge in [0.15, 0.2) is 11.0 Å². The second-order valence-corrected chi connectivity index (χ2v) is 10.9. The van der Waals surface area contributed by atoms with Gasteiger partial charge in [0.05, 0.1) is 4.91 Å². The maximum Gasteiger partial charge on any atom is 0.286 e. The van der Waals surface area contributed by atoms with Gasteiger partial charge in [-0.2, -0.15) is 4.99 Å². The SMILES string of the molecule is Cc1ccc(C(=O)C/C(=C\C(=C2\SC(N3CCCCC3)=NC2=O)c2ccc(C)cc2)c2ccccc2)cc1. The molecule has 0 bridgehead atoms. The number of rotatable bonds is 6. The molecule has 2 heterocycles. The van der Waals surface area contributed by atoms with Crippen LogP contribution < -0.4 is 0 Å². The summed E-state index contributed by atoms with van der Waals surface area (Å²) < 4.78 is 0. The molecule has 38 heavy (non-hydrogen) atoms. The first-order chi connectivity index (χ1) is 18.5. The molecule has 0 radical (unpaired) electrons. The number of Topliss-reactive ketones (excluding diaryl/α,β-unsaturated/α-hetero) is 1. The molecule has 1 amide bonds. The number of hydrogen-bond acceptors (Lipinski definition) is 4. The van der Waals surface area contributed by atoms with Crippen molar-refractivity contribution in [2.45, 2.75) is 39.5 Å². The zero-order valence-corrected chi connectivity index (χ0v) is 22.8. The van der Waals surface area contributed by atoms with Crippen molar-refractivity contribution in [3.63, 3.8) is 0 Å². The van der Waals surface area contributed by atoms with E-state index in [4.69, 9.17) is 0 Å². The summed E-state index contributed by atoms with van der Waals surface area (Å²) in [6.07, 6.45) is 5.72. The minimum Gasteiger partial charge on any atom is -0.351 e. The highest BCUT2D eigenvalue weighted by Crippen LogP contribution is 2.38. The number of ketones is 1. The molecule has 0 saturated carbocycles. The third kappa shape index (κ3) is 6.05. The van der Waals surface area contributed by atoms with Crippen molar-refractivity contribution < 1.29 is 9.59 Å². The summed E-state index contributed by atoms with van der Waals surface area (Å²) in [5.41, 5.74) is 6.54. The number of benzene rings is 3. The minimum atomic E-state index is -0.209. The molecule has 3 aromatic carbocycles. The largest absolute Gasteiger partial charge is 0.351 e. The van der Waals surface area contributed by atoms with Gasteiger partial charge in [-0.1, -0.05) is 90.0 Å². The van der Waals surface area contributed by atoms with Crippen LogP contribution in [0.5, 0.6) is 0 Å². The van der Waals surface area contributed by atoms with Crippen molar-refractivity contribution in [2.24, 2.45) is 4.99 Å². The Morgan fingerprint density at radius 2 is 1.42 bits per heavy atom. The molecule has 1 fully saturated rings. The van der Waals surface area contributed by atoms with Gasteiger partial charge < -0.3 is 4.90 Å². The van der Waals surface area contributed by atoms with Gasteiger partial charge in [-0.25, -0.2) is 0 Å². The number of aliphatic imine (C=N–C) groups is 1. The number of carbonyl (C=O) groups excluding carboxylic acids is 2. The van der Waals surface area contributed by atoms with Crippen LogP contribution in [0.15, 0.2) is 94.8 Å². The summed E-state index contributed by atoms with van der Waals surface area (Å²) in [5, 5.41) is 0.791. The average molecular weight is 521 g/mol. The number of thioether (sulfide) groups is 1. The van der Waals surface area contributed by atoms with Crippen LogP contribution in [0.1, 0.15) is 58.3 Å². The summed E-state index contributed by atoms with van der Waals surface area (Å²) in [7, 11) is 0. The Morgan fingerprint density at radius 1 is 0.816 bits per heavy atom. The van der Waals surface area contributed by atoms with Gasteiger partial charge in [0, 0.05) is 30.6 Å². The summed E-state index contributed by atoms with van der Waals surface area (Å²) in [6.45, 7) is 5.93. The van der Waals surface area contributed by atoms with Crippen LogP contribution in [0, 0.1) is 13.8 Å².